The third-order valence-corrected chi connectivity index (χ3v) is 2.95. The second-order valence-electron chi connectivity index (χ2n) is 4.06. The largest absolute Gasteiger partial charge is 0.322 e. The van der Waals surface area contributed by atoms with E-state index < -0.39 is 17.6 Å². The minimum atomic E-state index is -0.628. The molecule has 1 saturated heterocycles. The van der Waals surface area contributed by atoms with Crippen LogP contribution in [0.5, 0.6) is 0 Å². The molecule has 86 valence electrons. The van der Waals surface area contributed by atoms with Crippen LogP contribution < -0.4 is 16.4 Å². The van der Waals surface area contributed by atoms with E-state index in [9.17, 15) is 9.59 Å². The van der Waals surface area contributed by atoms with Gasteiger partial charge in [-0.3, -0.25) is 10.1 Å². The van der Waals surface area contributed by atoms with Crippen LogP contribution in [0.25, 0.3) is 0 Å². The maximum atomic E-state index is 11.9. The van der Waals surface area contributed by atoms with Crippen LogP contribution in [0.1, 0.15) is 39.5 Å². The third-order valence-electron chi connectivity index (χ3n) is 2.95. The van der Waals surface area contributed by atoms with Gasteiger partial charge in [-0.05, 0) is 12.8 Å². The van der Waals surface area contributed by atoms with Crippen LogP contribution in [0.4, 0.5) is 4.79 Å². The number of rotatable bonds is 4. The van der Waals surface area contributed by atoms with Crippen LogP contribution >= 0.6 is 0 Å². The van der Waals surface area contributed by atoms with Crippen molar-refractivity contribution in [2.45, 2.75) is 45.7 Å². The Morgan fingerprint density at radius 2 is 1.80 bits per heavy atom. The average molecular weight is 213 g/mol. The van der Waals surface area contributed by atoms with E-state index in [4.69, 9.17) is 5.73 Å². The Hall–Kier alpha value is -1.10. The van der Waals surface area contributed by atoms with Crippen molar-refractivity contribution in [1.82, 2.24) is 10.6 Å². The minimum absolute atomic E-state index is 0.234. The molecule has 1 unspecified atom stereocenters. The smallest absolute Gasteiger partial charge is 0.322 e. The summed E-state index contributed by atoms with van der Waals surface area (Å²) in [6, 6.07) is -0.490. The molecule has 1 rings (SSSR count). The Labute approximate surface area is 89.8 Å². The number of urea groups is 1. The molecule has 0 aromatic heterocycles. The predicted molar refractivity (Wildman–Crippen MR) is 56.9 cm³/mol. The number of nitrogens with two attached hydrogens (primary N) is 1. The third kappa shape index (κ3) is 2.12. The molecular formula is C10H19N3O2. The summed E-state index contributed by atoms with van der Waals surface area (Å²) in [5, 5.41) is 4.88. The van der Waals surface area contributed by atoms with Crippen LogP contribution in [-0.4, -0.2) is 18.1 Å². The lowest BCUT2D eigenvalue weighted by Gasteiger charge is -2.40. The highest BCUT2D eigenvalue weighted by Crippen LogP contribution is 2.33. The molecule has 0 aromatic rings. The van der Waals surface area contributed by atoms with E-state index in [1.165, 1.54) is 0 Å². The van der Waals surface area contributed by atoms with E-state index in [1.807, 2.05) is 13.8 Å². The lowest BCUT2D eigenvalue weighted by Crippen LogP contribution is -2.67. The standard InChI is InChI=1S/C10H19N3O2/c1-3-5-10(6-4-2)7(11)12-9(15)13-8(10)14/h7H,3-6,11H2,1-2H3,(H2,12,13,14,15). The molecular weight excluding hydrogens is 194 g/mol. The monoisotopic (exact) mass is 213 g/mol. The van der Waals surface area contributed by atoms with Crippen molar-refractivity contribution in [1.29, 1.82) is 0 Å². The lowest BCUT2D eigenvalue weighted by atomic mass is 9.74. The molecule has 0 spiro atoms. The van der Waals surface area contributed by atoms with Crippen molar-refractivity contribution < 1.29 is 9.59 Å². The van der Waals surface area contributed by atoms with Crippen molar-refractivity contribution in [2.24, 2.45) is 11.1 Å². The van der Waals surface area contributed by atoms with Gasteiger partial charge in [0.1, 0.15) is 0 Å². The van der Waals surface area contributed by atoms with Gasteiger partial charge >= 0.3 is 6.03 Å². The average Bonchev–Trinajstić information content (AvgIpc) is 2.14. The number of imide groups is 1. The number of carbonyl (C=O) groups is 2. The highest BCUT2D eigenvalue weighted by molar-refractivity contribution is 6.00. The van der Waals surface area contributed by atoms with E-state index in [-0.39, 0.29) is 5.91 Å². The maximum Gasteiger partial charge on any atom is 0.322 e. The molecule has 5 nitrogen and oxygen atoms in total. The Balaban J connectivity index is 2.92. The van der Waals surface area contributed by atoms with Gasteiger partial charge in [0.2, 0.25) is 5.91 Å². The number of hydrogen-bond acceptors (Lipinski definition) is 3. The van der Waals surface area contributed by atoms with Gasteiger partial charge < -0.3 is 11.1 Å². The van der Waals surface area contributed by atoms with Crippen LogP contribution in [0.2, 0.25) is 0 Å². The first-order chi connectivity index (χ1) is 7.06. The summed E-state index contributed by atoms with van der Waals surface area (Å²) in [6.45, 7) is 4.02. The second kappa shape index (κ2) is 4.61. The zero-order valence-electron chi connectivity index (χ0n) is 9.30. The van der Waals surface area contributed by atoms with Crippen molar-refractivity contribution in [3.8, 4) is 0 Å². The molecule has 4 N–H and O–H groups in total. The molecule has 1 aliphatic heterocycles. The Morgan fingerprint density at radius 3 is 2.20 bits per heavy atom. The predicted octanol–water partition coefficient (Wildman–Crippen LogP) is 0.697. The summed E-state index contributed by atoms with van der Waals surface area (Å²) < 4.78 is 0. The summed E-state index contributed by atoms with van der Waals surface area (Å²) in [5.74, 6) is -0.234. The number of amides is 3. The fourth-order valence-corrected chi connectivity index (χ4v) is 2.24. The number of carbonyl (C=O) groups excluding carboxylic acids is 2. The summed E-state index contributed by atoms with van der Waals surface area (Å²) in [6.07, 6.45) is 2.58. The van der Waals surface area contributed by atoms with Gasteiger partial charge in [-0.25, -0.2) is 4.79 Å². The molecule has 0 saturated carbocycles. The van der Waals surface area contributed by atoms with Crippen LogP contribution in [0.15, 0.2) is 0 Å². The van der Waals surface area contributed by atoms with E-state index in [2.05, 4.69) is 10.6 Å². The Bertz CT molecular complexity index is 259. The Kier molecular flexibility index (Phi) is 3.68. The van der Waals surface area contributed by atoms with Crippen molar-refractivity contribution in [3.05, 3.63) is 0 Å². The minimum Gasteiger partial charge on any atom is -0.322 e. The van der Waals surface area contributed by atoms with Gasteiger partial charge in [-0.2, -0.15) is 0 Å². The summed E-state index contributed by atoms with van der Waals surface area (Å²) in [4.78, 5) is 22.9. The van der Waals surface area contributed by atoms with Gasteiger partial charge in [0.05, 0.1) is 11.6 Å². The summed E-state index contributed by atoms with van der Waals surface area (Å²) in [7, 11) is 0. The highest BCUT2D eigenvalue weighted by atomic mass is 16.2. The molecule has 0 aliphatic carbocycles. The summed E-state index contributed by atoms with van der Waals surface area (Å²) in [5.41, 5.74) is 5.25. The lowest BCUT2D eigenvalue weighted by molar-refractivity contribution is -0.134. The van der Waals surface area contributed by atoms with Gasteiger partial charge in [0, 0.05) is 0 Å². The topological polar surface area (TPSA) is 84.2 Å². The number of hydrogen-bond donors (Lipinski definition) is 3. The van der Waals surface area contributed by atoms with Gasteiger partial charge in [-0.1, -0.05) is 26.7 Å². The van der Waals surface area contributed by atoms with Crippen LogP contribution in [0.3, 0.4) is 0 Å². The molecule has 0 aromatic carbocycles. The van der Waals surface area contributed by atoms with Crippen LogP contribution in [0, 0.1) is 5.41 Å². The van der Waals surface area contributed by atoms with Crippen molar-refractivity contribution in [2.75, 3.05) is 0 Å². The van der Waals surface area contributed by atoms with E-state index in [0.29, 0.717) is 12.8 Å². The normalized spacial score (nSPS) is 24.6. The highest BCUT2D eigenvalue weighted by Gasteiger charge is 2.47. The summed E-state index contributed by atoms with van der Waals surface area (Å²) >= 11 is 0. The van der Waals surface area contributed by atoms with E-state index in [1.54, 1.807) is 0 Å². The molecule has 1 heterocycles. The molecule has 0 bridgehead atoms. The maximum absolute atomic E-state index is 11.9. The van der Waals surface area contributed by atoms with Crippen molar-refractivity contribution in [3.63, 3.8) is 0 Å². The van der Waals surface area contributed by atoms with E-state index in [0.717, 1.165) is 12.8 Å². The van der Waals surface area contributed by atoms with Crippen molar-refractivity contribution >= 4 is 11.9 Å². The van der Waals surface area contributed by atoms with E-state index >= 15 is 0 Å². The molecule has 1 aliphatic rings. The first-order valence-corrected chi connectivity index (χ1v) is 5.44. The zero-order valence-corrected chi connectivity index (χ0v) is 9.30. The molecule has 0 radical (unpaired) electrons. The number of nitrogens with one attached hydrogen (secondary N) is 2. The second-order valence-corrected chi connectivity index (χ2v) is 4.06. The molecule has 3 amide bonds. The Morgan fingerprint density at radius 1 is 1.27 bits per heavy atom. The first kappa shape index (κ1) is 12.0. The quantitative estimate of drug-likeness (QED) is 0.642. The molecule has 5 heteroatoms. The van der Waals surface area contributed by atoms with Crippen LogP contribution in [-0.2, 0) is 4.79 Å². The molecule has 1 atom stereocenters. The van der Waals surface area contributed by atoms with Gasteiger partial charge in [0.25, 0.3) is 0 Å². The molecule has 1 fully saturated rings. The van der Waals surface area contributed by atoms with Gasteiger partial charge in [-0.15, -0.1) is 0 Å². The SMILES string of the molecule is CCCC1(CCC)C(=O)NC(=O)NC1N. The molecule has 15 heavy (non-hydrogen) atoms. The van der Waals surface area contributed by atoms with Gasteiger partial charge in [0.15, 0.2) is 0 Å². The fourth-order valence-electron chi connectivity index (χ4n) is 2.24. The first-order valence-electron chi connectivity index (χ1n) is 5.44. The fraction of sp³-hybridized carbons (Fsp3) is 0.800. The zero-order chi connectivity index (χ0) is 11.5.